The van der Waals surface area contributed by atoms with Crippen molar-refractivity contribution >= 4 is 6.96 Å². The third-order valence-electron chi connectivity index (χ3n) is 3.39. The van der Waals surface area contributed by atoms with E-state index in [9.17, 15) is 0 Å². The Balaban J connectivity index is 1.64. The van der Waals surface area contributed by atoms with E-state index in [1.54, 1.807) is 50.6 Å². The van der Waals surface area contributed by atoms with Gasteiger partial charge in [0.25, 0.3) is 0 Å². The van der Waals surface area contributed by atoms with E-state index in [1.165, 1.54) is 0 Å². The van der Waals surface area contributed by atoms with E-state index < -0.39 is 6.96 Å². The van der Waals surface area contributed by atoms with Gasteiger partial charge in [0.15, 0.2) is 0 Å². The molecule has 0 saturated heterocycles. The van der Waals surface area contributed by atoms with Crippen LogP contribution < -0.4 is 28.1 Å². The molecule has 0 atom stereocenters. The first kappa shape index (κ1) is 12.1. The van der Waals surface area contributed by atoms with Crippen LogP contribution in [0.3, 0.4) is 0 Å². The van der Waals surface area contributed by atoms with E-state index in [1.807, 2.05) is 0 Å². The van der Waals surface area contributed by atoms with Crippen LogP contribution in [0.2, 0.25) is 0 Å². The Morgan fingerprint density at radius 3 is 1.52 bits per heavy atom. The van der Waals surface area contributed by atoms with Crippen LogP contribution in [0.25, 0.3) is 0 Å². The van der Waals surface area contributed by atoms with E-state index in [0.717, 1.165) is 0 Å². The molecule has 0 radical (unpaired) electrons. The molecule has 21 heavy (non-hydrogen) atoms. The van der Waals surface area contributed by atoms with Crippen molar-refractivity contribution < 1.29 is 28.1 Å². The van der Waals surface area contributed by atoms with Crippen molar-refractivity contribution in [1.82, 2.24) is 0 Å². The molecule has 4 rings (SSSR count). The average Bonchev–Trinajstić information content (AvgIpc) is 3.03. The number of rotatable bonds is 2. The number of hydrogen-bond donors (Lipinski definition) is 0. The predicted molar refractivity (Wildman–Crippen MR) is 74.3 cm³/mol. The molecule has 0 saturated carbocycles. The first-order valence-electron chi connectivity index (χ1n) is 6.46. The molecule has 2 aromatic rings. The summed E-state index contributed by atoms with van der Waals surface area (Å²) in [5, 5.41) is 0. The van der Waals surface area contributed by atoms with Crippen molar-refractivity contribution in [3.8, 4) is 34.5 Å². The summed E-state index contributed by atoms with van der Waals surface area (Å²) < 4.78 is 33.2. The fraction of sp³-hybridized carbons (Fsp3) is 0.143. The molecule has 108 valence electrons. The van der Waals surface area contributed by atoms with Gasteiger partial charge in [-0.3, -0.25) is 0 Å². The Bertz CT molecular complexity index is 655. The fourth-order valence-electron chi connectivity index (χ4n) is 2.38. The molecule has 0 N–H and O–H groups in total. The monoisotopic (exact) mass is 287 g/mol. The van der Waals surface area contributed by atoms with Crippen molar-refractivity contribution in [2.75, 3.05) is 14.2 Å². The Hall–Kier alpha value is -2.70. The van der Waals surface area contributed by atoms with Gasteiger partial charge in [-0.05, 0) is 24.3 Å². The molecule has 0 aliphatic carbocycles. The van der Waals surface area contributed by atoms with Crippen LogP contribution in [0, 0.1) is 0 Å². The topological polar surface area (TPSA) is 55.4 Å². The number of ether oxygens (including phenoxy) is 2. The third kappa shape index (κ3) is 1.81. The maximum atomic E-state index is 5.73. The summed E-state index contributed by atoms with van der Waals surface area (Å²) in [5.74, 6) is 3.49. The summed E-state index contributed by atoms with van der Waals surface area (Å²) >= 11 is 0. The van der Waals surface area contributed by atoms with Crippen molar-refractivity contribution in [1.29, 1.82) is 0 Å². The smallest absolute Gasteiger partial charge is 0.609 e. The minimum absolute atomic E-state index is 0.522. The zero-order valence-electron chi connectivity index (χ0n) is 11.5. The quantitative estimate of drug-likeness (QED) is 0.790. The zero-order chi connectivity index (χ0) is 14.4. The molecule has 2 aromatic carbocycles. The SMILES string of the molecule is COc1ccc2c(c1)O[B-]1(O2)Oc2ccc(OC)cc2O1. The standard InChI is InChI=1S/C14H12BO6/c1-16-9-3-5-11-13(7-9)20-15(18-11)19-12-6-4-10(17-2)8-14(12)21-15/h3-8H,1-2H3/q-1. The lowest BCUT2D eigenvalue weighted by molar-refractivity contribution is 0.224. The lowest BCUT2D eigenvalue weighted by atomic mass is 10.1. The second-order valence-electron chi connectivity index (χ2n) is 4.67. The number of methoxy groups -OCH3 is 2. The van der Waals surface area contributed by atoms with Crippen LogP contribution in [0.5, 0.6) is 34.5 Å². The molecule has 2 aliphatic rings. The Kier molecular flexibility index (Phi) is 2.39. The van der Waals surface area contributed by atoms with Gasteiger partial charge in [0.05, 0.1) is 14.2 Å². The van der Waals surface area contributed by atoms with E-state index >= 15 is 0 Å². The van der Waals surface area contributed by atoms with Crippen molar-refractivity contribution in [2.45, 2.75) is 0 Å². The summed E-state index contributed by atoms with van der Waals surface area (Å²) in [6, 6.07) is 10.5. The van der Waals surface area contributed by atoms with Gasteiger partial charge >= 0.3 is 6.96 Å². The van der Waals surface area contributed by atoms with Gasteiger partial charge in [0.1, 0.15) is 34.5 Å². The van der Waals surface area contributed by atoms with Crippen LogP contribution in [-0.2, 0) is 0 Å². The van der Waals surface area contributed by atoms with Crippen molar-refractivity contribution in [2.24, 2.45) is 0 Å². The van der Waals surface area contributed by atoms with Crippen molar-refractivity contribution in [3.63, 3.8) is 0 Å². The van der Waals surface area contributed by atoms with Crippen LogP contribution >= 0.6 is 0 Å². The number of hydrogen-bond acceptors (Lipinski definition) is 6. The summed E-state index contributed by atoms with van der Waals surface area (Å²) in [6.45, 7) is -2.36. The van der Waals surface area contributed by atoms with Crippen LogP contribution in [0.1, 0.15) is 0 Å². The molecular formula is C14H12BO6-. The number of fused-ring (bicyclic) bond motifs is 2. The third-order valence-corrected chi connectivity index (χ3v) is 3.39. The summed E-state index contributed by atoms with van der Waals surface area (Å²) in [6.07, 6.45) is 0. The maximum absolute atomic E-state index is 5.73. The second kappa shape index (κ2) is 4.15. The van der Waals surface area contributed by atoms with E-state index in [-0.39, 0.29) is 0 Å². The predicted octanol–water partition coefficient (Wildman–Crippen LogP) is 2.38. The van der Waals surface area contributed by atoms with Gasteiger partial charge in [-0.2, -0.15) is 0 Å². The highest BCUT2D eigenvalue weighted by Gasteiger charge is 2.51. The zero-order valence-corrected chi connectivity index (χ0v) is 11.5. The largest absolute Gasteiger partial charge is 0.777 e. The summed E-state index contributed by atoms with van der Waals surface area (Å²) in [5.41, 5.74) is 0. The van der Waals surface area contributed by atoms with E-state index in [2.05, 4.69) is 0 Å². The minimum Gasteiger partial charge on any atom is -0.609 e. The molecule has 0 aromatic heterocycles. The fourth-order valence-corrected chi connectivity index (χ4v) is 2.38. The molecule has 1 spiro atoms. The maximum Gasteiger partial charge on any atom is 0.777 e. The highest BCUT2D eigenvalue weighted by Crippen LogP contribution is 2.46. The molecule has 2 aliphatic heterocycles. The number of benzene rings is 2. The van der Waals surface area contributed by atoms with Crippen molar-refractivity contribution in [3.05, 3.63) is 36.4 Å². The van der Waals surface area contributed by atoms with Crippen LogP contribution in [0.15, 0.2) is 36.4 Å². The molecule has 0 fully saturated rings. The molecule has 0 bridgehead atoms. The average molecular weight is 287 g/mol. The molecule has 0 amide bonds. The van der Waals surface area contributed by atoms with Gasteiger partial charge in [-0.25, -0.2) is 0 Å². The Morgan fingerprint density at radius 1 is 0.667 bits per heavy atom. The van der Waals surface area contributed by atoms with Crippen LogP contribution in [0.4, 0.5) is 0 Å². The highest BCUT2D eigenvalue weighted by atomic mass is 16.9. The minimum atomic E-state index is -2.36. The molecule has 2 heterocycles. The van der Waals surface area contributed by atoms with E-state index in [4.69, 9.17) is 28.1 Å². The summed E-state index contributed by atoms with van der Waals surface area (Å²) in [7, 11) is 3.17. The lowest BCUT2D eigenvalue weighted by Crippen LogP contribution is -2.54. The Morgan fingerprint density at radius 2 is 1.10 bits per heavy atom. The lowest BCUT2D eigenvalue weighted by Gasteiger charge is -2.27. The van der Waals surface area contributed by atoms with Gasteiger partial charge < -0.3 is 28.1 Å². The van der Waals surface area contributed by atoms with Gasteiger partial charge in [0, 0.05) is 12.1 Å². The molecular weight excluding hydrogens is 275 g/mol. The molecule has 0 unspecified atom stereocenters. The van der Waals surface area contributed by atoms with Crippen LogP contribution in [-0.4, -0.2) is 21.2 Å². The van der Waals surface area contributed by atoms with Gasteiger partial charge in [-0.1, -0.05) is 0 Å². The first-order chi connectivity index (χ1) is 10.2. The molecule has 7 heteroatoms. The molecule has 6 nitrogen and oxygen atoms in total. The summed E-state index contributed by atoms with van der Waals surface area (Å²) in [4.78, 5) is 0. The van der Waals surface area contributed by atoms with E-state index in [0.29, 0.717) is 34.5 Å². The Labute approximate surface area is 121 Å². The first-order valence-corrected chi connectivity index (χ1v) is 6.46. The normalized spacial score (nSPS) is 16.1. The highest BCUT2D eigenvalue weighted by molar-refractivity contribution is 6.59. The second-order valence-corrected chi connectivity index (χ2v) is 4.67. The van der Waals surface area contributed by atoms with Gasteiger partial charge in [-0.15, -0.1) is 0 Å². The van der Waals surface area contributed by atoms with Gasteiger partial charge in [0.2, 0.25) is 0 Å².